The number of nitro benzene ring substituents is 1. The molecule has 5 rings (SSSR count). The molecule has 8 heteroatoms. The van der Waals surface area contributed by atoms with Crippen LogP contribution in [0.15, 0.2) is 84.9 Å². The maximum atomic E-state index is 13.9. The zero-order chi connectivity index (χ0) is 23.1. The van der Waals surface area contributed by atoms with Crippen LogP contribution in [0, 0.1) is 20.2 Å². The minimum absolute atomic E-state index is 0.157. The summed E-state index contributed by atoms with van der Waals surface area (Å²) in [5, 5.41) is 23.6. The summed E-state index contributed by atoms with van der Waals surface area (Å²) < 4.78 is 0. The van der Waals surface area contributed by atoms with E-state index < -0.39 is 29.0 Å². The van der Waals surface area contributed by atoms with Gasteiger partial charge in [-0.3, -0.25) is 25.0 Å². The third-order valence-electron chi connectivity index (χ3n) is 6.40. The Morgan fingerprint density at radius 2 is 1.61 bits per heavy atom. The first-order valence-corrected chi connectivity index (χ1v) is 10.5. The third kappa shape index (κ3) is 3.36. The van der Waals surface area contributed by atoms with Crippen LogP contribution in [-0.4, -0.2) is 33.8 Å². The first-order chi connectivity index (χ1) is 16.0. The highest BCUT2D eigenvalue weighted by molar-refractivity contribution is 6.04. The number of nitro groups is 2. The predicted molar refractivity (Wildman–Crippen MR) is 123 cm³/mol. The van der Waals surface area contributed by atoms with Gasteiger partial charge in [0.2, 0.25) is 6.04 Å². The molecule has 33 heavy (non-hydrogen) atoms. The molecule has 3 aromatic carbocycles. The Morgan fingerprint density at radius 1 is 0.879 bits per heavy atom. The van der Waals surface area contributed by atoms with E-state index in [4.69, 9.17) is 0 Å². The number of rotatable bonds is 5. The van der Waals surface area contributed by atoms with Crippen molar-refractivity contribution in [2.24, 2.45) is 0 Å². The summed E-state index contributed by atoms with van der Waals surface area (Å²) in [5.41, 5.74) is 2.24. The van der Waals surface area contributed by atoms with E-state index in [1.54, 1.807) is 30.3 Å². The number of para-hydroxylation sites is 1. The fraction of sp³-hybridized carbons (Fsp3) is 0.160. The molecule has 2 aliphatic heterocycles. The maximum Gasteiger partial charge on any atom is 0.270 e. The van der Waals surface area contributed by atoms with Crippen LogP contribution < -0.4 is 4.90 Å². The second-order valence-electron chi connectivity index (χ2n) is 8.14. The van der Waals surface area contributed by atoms with E-state index in [9.17, 15) is 25.0 Å². The average Bonchev–Trinajstić information content (AvgIpc) is 3.20. The number of nitrogens with zero attached hydrogens (tertiary/aromatic N) is 3. The van der Waals surface area contributed by atoms with Crippen LogP contribution in [0.5, 0.6) is 0 Å². The normalized spacial score (nSPS) is 23.0. The lowest BCUT2D eigenvalue weighted by atomic mass is 9.83. The Hall–Kier alpha value is -4.33. The molecule has 0 aromatic heterocycles. The van der Waals surface area contributed by atoms with E-state index in [1.165, 1.54) is 24.3 Å². The Morgan fingerprint density at radius 3 is 2.33 bits per heavy atom. The zero-order valence-electron chi connectivity index (χ0n) is 17.4. The van der Waals surface area contributed by atoms with Crippen molar-refractivity contribution in [3.05, 3.63) is 122 Å². The maximum absolute atomic E-state index is 13.9. The lowest BCUT2D eigenvalue weighted by Gasteiger charge is -2.34. The van der Waals surface area contributed by atoms with Crippen molar-refractivity contribution in [1.82, 2.24) is 0 Å². The lowest BCUT2D eigenvalue weighted by molar-refractivity contribution is -0.524. The Kier molecular flexibility index (Phi) is 4.97. The molecule has 0 spiro atoms. The predicted octanol–water partition coefficient (Wildman–Crippen LogP) is 4.49. The number of Topliss-reactive ketones (excluding diaryl/α,β-unsaturated/α-hetero) is 1. The number of anilines is 1. The van der Waals surface area contributed by atoms with Crippen molar-refractivity contribution in [2.75, 3.05) is 4.90 Å². The van der Waals surface area contributed by atoms with Crippen molar-refractivity contribution >= 4 is 23.2 Å². The van der Waals surface area contributed by atoms with Crippen molar-refractivity contribution in [3.63, 3.8) is 0 Å². The summed E-state index contributed by atoms with van der Waals surface area (Å²) in [6.07, 6.45) is 3.64. The smallest absolute Gasteiger partial charge is 0.270 e. The van der Waals surface area contributed by atoms with Crippen molar-refractivity contribution in [2.45, 2.75) is 24.0 Å². The molecule has 2 heterocycles. The molecule has 0 saturated carbocycles. The van der Waals surface area contributed by atoms with Crippen LogP contribution in [0.3, 0.4) is 0 Å². The first-order valence-electron chi connectivity index (χ1n) is 10.5. The number of fused-ring (bicyclic) bond motifs is 3. The van der Waals surface area contributed by atoms with Gasteiger partial charge in [-0.15, -0.1) is 0 Å². The molecule has 0 bridgehead atoms. The molecule has 0 aliphatic carbocycles. The summed E-state index contributed by atoms with van der Waals surface area (Å²) in [5.74, 6) is -1.12. The van der Waals surface area contributed by atoms with Gasteiger partial charge in [0.25, 0.3) is 5.69 Å². The number of ketones is 1. The first kappa shape index (κ1) is 20.6. The number of carbonyl (C=O) groups is 1. The van der Waals surface area contributed by atoms with Gasteiger partial charge in [0.1, 0.15) is 12.1 Å². The second kappa shape index (κ2) is 7.98. The summed E-state index contributed by atoms with van der Waals surface area (Å²) in [4.78, 5) is 38.5. The SMILES string of the molecule is O=C(c1cccc([N+](=O)[O-])c1)[C@H]1[C@H](c2ccccc2)[C@@H]([N+](=O)[O-])[C@@H]2C=Cc3ccccc3N21. The van der Waals surface area contributed by atoms with E-state index in [-0.39, 0.29) is 22.0 Å². The topological polar surface area (TPSA) is 107 Å². The van der Waals surface area contributed by atoms with E-state index in [0.717, 1.165) is 11.3 Å². The van der Waals surface area contributed by atoms with Crippen LogP contribution in [-0.2, 0) is 0 Å². The van der Waals surface area contributed by atoms with Gasteiger partial charge < -0.3 is 4.90 Å². The molecule has 4 atom stereocenters. The van der Waals surface area contributed by atoms with Gasteiger partial charge >= 0.3 is 0 Å². The summed E-state index contributed by atoms with van der Waals surface area (Å²) in [7, 11) is 0. The van der Waals surface area contributed by atoms with Gasteiger partial charge in [0.15, 0.2) is 5.78 Å². The molecular formula is C25H19N3O5. The van der Waals surface area contributed by atoms with Gasteiger partial charge in [-0.05, 0) is 17.2 Å². The van der Waals surface area contributed by atoms with Crippen LogP contribution in [0.25, 0.3) is 6.08 Å². The number of hydrogen-bond donors (Lipinski definition) is 0. The molecule has 0 N–H and O–H groups in total. The molecule has 8 nitrogen and oxygen atoms in total. The van der Waals surface area contributed by atoms with Crippen LogP contribution in [0.4, 0.5) is 11.4 Å². The molecule has 3 aromatic rings. The Balaban J connectivity index is 1.71. The van der Waals surface area contributed by atoms with Gasteiger partial charge in [-0.25, -0.2) is 0 Å². The minimum atomic E-state index is -1.07. The number of carbonyl (C=O) groups excluding carboxylic acids is 1. The highest BCUT2D eigenvalue weighted by atomic mass is 16.6. The molecular weight excluding hydrogens is 422 g/mol. The van der Waals surface area contributed by atoms with Crippen LogP contribution >= 0.6 is 0 Å². The zero-order valence-corrected chi connectivity index (χ0v) is 17.4. The number of non-ortho nitro benzene ring substituents is 1. The van der Waals surface area contributed by atoms with Gasteiger partial charge in [0.05, 0.1) is 10.8 Å². The molecule has 1 saturated heterocycles. The standard InChI is InChI=1S/C25H19N3O5/c29-25(18-10-6-11-19(15-18)27(30)31)24-22(17-8-2-1-3-9-17)23(28(32)33)21-14-13-16-7-4-5-12-20(16)26(21)24/h1-15,21-24H/t21-,22+,23-,24+/m0/s1. The molecule has 164 valence electrons. The Bertz CT molecular complexity index is 1290. The van der Waals surface area contributed by atoms with Gasteiger partial charge in [-0.2, -0.15) is 0 Å². The fourth-order valence-electron chi connectivity index (χ4n) is 5.05. The van der Waals surface area contributed by atoms with Crippen LogP contribution in [0.2, 0.25) is 0 Å². The molecule has 0 unspecified atom stereocenters. The van der Waals surface area contributed by atoms with E-state index in [0.29, 0.717) is 5.56 Å². The highest BCUT2D eigenvalue weighted by Crippen LogP contribution is 2.47. The lowest BCUT2D eigenvalue weighted by Crippen LogP contribution is -2.44. The van der Waals surface area contributed by atoms with E-state index in [2.05, 4.69) is 0 Å². The quantitative estimate of drug-likeness (QED) is 0.328. The van der Waals surface area contributed by atoms with Crippen molar-refractivity contribution < 1.29 is 14.6 Å². The third-order valence-corrected chi connectivity index (χ3v) is 6.40. The van der Waals surface area contributed by atoms with Gasteiger partial charge in [0, 0.05) is 28.3 Å². The van der Waals surface area contributed by atoms with E-state index >= 15 is 0 Å². The van der Waals surface area contributed by atoms with E-state index in [1.807, 2.05) is 41.3 Å². The summed E-state index contributed by atoms with van der Waals surface area (Å²) in [6.45, 7) is 0. The number of hydrogen-bond acceptors (Lipinski definition) is 6. The molecule has 0 radical (unpaired) electrons. The van der Waals surface area contributed by atoms with Crippen molar-refractivity contribution in [1.29, 1.82) is 0 Å². The monoisotopic (exact) mass is 441 g/mol. The Labute approximate surface area is 189 Å². The molecule has 2 aliphatic rings. The average molecular weight is 441 g/mol. The molecule has 0 amide bonds. The minimum Gasteiger partial charge on any atom is -0.346 e. The van der Waals surface area contributed by atoms with Crippen LogP contribution in [0.1, 0.15) is 27.4 Å². The largest absolute Gasteiger partial charge is 0.346 e. The molecule has 1 fully saturated rings. The second-order valence-corrected chi connectivity index (χ2v) is 8.14. The summed E-state index contributed by atoms with van der Waals surface area (Å²) >= 11 is 0. The highest BCUT2D eigenvalue weighted by Gasteiger charge is 2.58. The number of benzene rings is 3. The van der Waals surface area contributed by atoms with Gasteiger partial charge in [-0.1, -0.05) is 72.8 Å². The van der Waals surface area contributed by atoms with Crippen molar-refractivity contribution in [3.8, 4) is 0 Å². The fourth-order valence-corrected chi connectivity index (χ4v) is 5.05. The summed E-state index contributed by atoms with van der Waals surface area (Å²) in [6, 6.07) is 19.4.